The summed E-state index contributed by atoms with van der Waals surface area (Å²) in [5.74, 6) is 2.21. The molecule has 4 heteroatoms. The van der Waals surface area contributed by atoms with Gasteiger partial charge in [0.05, 0.1) is 0 Å². The van der Waals surface area contributed by atoms with Crippen molar-refractivity contribution in [2.75, 3.05) is 0 Å². The van der Waals surface area contributed by atoms with Gasteiger partial charge in [-0.1, -0.05) is 110 Å². The molecule has 2 heterocycles. The summed E-state index contributed by atoms with van der Waals surface area (Å²) < 4.78 is 6.57. The van der Waals surface area contributed by atoms with Crippen LogP contribution in [-0.2, 0) is 5.41 Å². The average Bonchev–Trinajstić information content (AvgIpc) is 3.50. The third-order valence-corrected chi connectivity index (χ3v) is 9.12. The van der Waals surface area contributed by atoms with E-state index in [4.69, 9.17) is 14.4 Å². The highest BCUT2D eigenvalue weighted by molar-refractivity contribution is 6.13. The lowest BCUT2D eigenvalue weighted by molar-refractivity contribution is 0.530. The Morgan fingerprint density at radius 2 is 1.55 bits per heavy atom. The molecule has 5 aromatic rings. The van der Waals surface area contributed by atoms with E-state index in [1.165, 1.54) is 27.5 Å². The molecule has 2 atom stereocenters. The van der Waals surface area contributed by atoms with Crippen LogP contribution in [0.5, 0.6) is 0 Å². The van der Waals surface area contributed by atoms with Gasteiger partial charge in [-0.15, -0.1) is 0 Å². The van der Waals surface area contributed by atoms with Gasteiger partial charge in [-0.3, -0.25) is 0 Å². The maximum atomic E-state index is 6.57. The number of aliphatic imine (C=N–C) groups is 2. The maximum Gasteiger partial charge on any atom is 0.169 e. The fourth-order valence-corrected chi connectivity index (χ4v) is 7.08. The lowest BCUT2D eigenvalue weighted by Gasteiger charge is -2.33. The van der Waals surface area contributed by atoms with Gasteiger partial charge in [-0.25, -0.2) is 9.98 Å². The Bertz CT molecular complexity index is 1880. The minimum absolute atomic E-state index is 0.00612. The second kappa shape index (κ2) is 8.79. The number of hydrogen-bond acceptors (Lipinski definition) is 4. The Labute approximate surface area is 234 Å². The van der Waals surface area contributed by atoms with Crippen LogP contribution in [0.2, 0.25) is 0 Å². The highest BCUT2D eigenvalue weighted by Crippen LogP contribution is 2.55. The Morgan fingerprint density at radius 3 is 2.38 bits per heavy atom. The zero-order valence-corrected chi connectivity index (χ0v) is 22.8. The molecule has 0 spiro atoms. The molecule has 0 amide bonds. The number of nitrogens with one attached hydrogen (secondary N) is 1. The molecule has 3 aliphatic rings. The van der Waals surface area contributed by atoms with Gasteiger partial charge >= 0.3 is 0 Å². The van der Waals surface area contributed by atoms with Gasteiger partial charge < -0.3 is 9.73 Å². The smallest absolute Gasteiger partial charge is 0.169 e. The van der Waals surface area contributed by atoms with Crippen LogP contribution < -0.4 is 5.32 Å². The summed E-state index contributed by atoms with van der Waals surface area (Å²) in [6, 6.07) is 33.8. The molecule has 8 rings (SSSR count). The van der Waals surface area contributed by atoms with Crippen LogP contribution in [0.25, 0.3) is 27.5 Å². The molecule has 0 saturated carbocycles. The summed E-state index contributed by atoms with van der Waals surface area (Å²) in [5.41, 5.74) is 9.88. The highest BCUT2D eigenvalue weighted by Gasteiger charge is 2.43. The van der Waals surface area contributed by atoms with Crippen LogP contribution in [0.1, 0.15) is 61.5 Å². The van der Waals surface area contributed by atoms with Crippen molar-refractivity contribution >= 4 is 39.2 Å². The Kier molecular flexibility index (Phi) is 5.15. The molecule has 0 radical (unpaired) electrons. The van der Waals surface area contributed by atoms with Crippen LogP contribution >= 0.6 is 0 Å². The van der Waals surface area contributed by atoms with E-state index in [1.807, 2.05) is 12.1 Å². The second-order valence-electron chi connectivity index (χ2n) is 11.8. The van der Waals surface area contributed by atoms with E-state index in [9.17, 15) is 0 Å². The van der Waals surface area contributed by atoms with Crippen molar-refractivity contribution in [3.63, 3.8) is 0 Å². The van der Waals surface area contributed by atoms with Crippen molar-refractivity contribution in [2.45, 2.75) is 44.7 Å². The first-order valence-corrected chi connectivity index (χ1v) is 14.3. The van der Waals surface area contributed by atoms with Crippen molar-refractivity contribution in [1.29, 1.82) is 0 Å². The monoisotopic (exact) mass is 521 g/mol. The minimum atomic E-state index is -0.252. The molecule has 0 fully saturated rings. The average molecular weight is 522 g/mol. The molecule has 4 nitrogen and oxygen atoms in total. The highest BCUT2D eigenvalue weighted by atomic mass is 16.3. The quantitative estimate of drug-likeness (QED) is 0.258. The van der Waals surface area contributed by atoms with Crippen LogP contribution in [-0.4, -0.2) is 11.7 Å². The van der Waals surface area contributed by atoms with Crippen LogP contribution in [0.4, 0.5) is 0 Å². The number of rotatable bonds is 3. The Balaban J connectivity index is 1.22. The van der Waals surface area contributed by atoms with E-state index in [0.29, 0.717) is 0 Å². The van der Waals surface area contributed by atoms with Gasteiger partial charge in [0.25, 0.3) is 0 Å². The number of benzene rings is 4. The van der Waals surface area contributed by atoms with E-state index in [-0.39, 0.29) is 17.5 Å². The lowest BCUT2D eigenvalue weighted by Crippen LogP contribution is -2.40. The molecule has 2 unspecified atom stereocenters. The topological polar surface area (TPSA) is 49.9 Å². The van der Waals surface area contributed by atoms with E-state index in [0.717, 1.165) is 53.2 Å². The van der Waals surface area contributed by atoms with Crippen LogP contribution in [0.15, 0.2) is 117 Å². The second-order valence-corrected chi connectivity index (χ2v) is 11.8. The van der Waals surface area contributed by atoms with Crippen molar-refractivity contribution in [3.8, 4) is 0 Å². The van der Waals surface area contributed by atoms with Crippen molar-refractivity contribution in [1.82, 2.24) is 5.32 Å². The molecule has 2 aliphatic carbocycles. The minimum Gasteiger partial charge on any atom is -0.455 e. The van der Waals surface area contributed by atoms with E-state index < -0.39 is 0 Å². The van der Waals surface area contributed by atoms with Crippen LogP contribution in [0.3, 0.4) is 0 Å². The summed E-state index contributed by atoms with van der Waals surface area (Å²) in [6.45, 7) is 4.76. The van der Waals surface area contributed by atoms with Gasteiger partial charge in [0, 0.05) is 33.2 Å². The van der Waals surface area contributed by atoms with E-state index in [2.05, 4.69) is 104 Å². The fraction of sp³-hybridized carbons (Fsp3) is 0.222. The zero-order chi connectivity index (χ0) is 26.8. The lowest BCUT2D eigenvalue weighted by atomic mass is 9.75. The third kappa shape index (κ3) is 3.52. The number of allylic oxidation sites excluding steroid dienone is 2. The van der Waals surface area contributed by atoms with E-state index in [1.54, 1.807) is 5.57 Å². The molecule has 0 bridgehead atoms. The summed E-state index contributed by atoms with van der Waals surface area (Å²) >= 11 is 0. The van der Waals surface area contributed by atoms with Gasteiger partial charge in [-0.05, 0) is 42.0 Å². The first kappa shape index (κ1) is 23.4. The summed E-state index contributed by atoms with van der Waals surface area (Å²) in [4.78, 5) is 10.3. The number of fused-ring (bicyclic) bond motifs is 6. The largest absolute Gasteiger partial charge is 0.455 e. The number of furan rings is 1. The molecule has 4 aromatic carbocycles. The zero-order valence-electron chi connectivity index (χ0n) is 22.8. The number of amidine groups is 2. The normalized spacial score (nSPS) is 21.6. The van der Waals surface area contributed by atoms with Crippen molar-refractivity contribution in [2.24, 2.45) is 15.9 Å². The van der Waals surface area contributed by atoms with Crippen LogP contribution in [0, 0.1) is 5.92 Å². The predicted octanol–water partition coefficient (Wildman–Crippen LogP) is 8.58. The molecule has 0 saturated heterocycles. The molecule has 1 aromatic heterocycles. The molecule has 1 N–H and O–H groups in total. The van der Waals surface area contributed by atoms with Crippen molar-refractivity contribution < 1.29 is 4.42 Å². The first-order chi connectivity index (χ1) is 19.6. The Morgan fingerprint density at radius 1 is 0.800 bits per heavy atom. The maximum absolute atomic E-state index is 6.57. The summed E-state index contributed by atoms with van der Waals surface area (Å²) in [6.07, 6.45) is 2.81. The standard InChI is InChI=1S/C36H31N3O/c1-36(2)28-19-17-24(21-27(28)31-29(36)20-18-26-25-15-9-10-16-30(25)40-32(26)31)35-38-33(22-11-5-3-6-12-22)37-34(39-35)23-13-7-4-8-14-23/h3-16,18,20,24,33H,17,19,21H2,1-2H3,(H,37,38,39). The number of hydrogen-bond donors (Lipinski definition) is 1. The SMILES string of the molecule is CC1(C)C2=C(CC(C3=NC(c4ccccc4)N=C(c4ccccc4)N3)CC2)c2c1ccc1c2oc2ccccc21. The number of nitrogens with zero attached hydrogens (tertiary/aromatic N) is 2. The Hall–Kier alpha value is -4.44. The fourth-order valence-electron chi connectivity index (χ4n) is 7.08. The molecular formula is C36H31N3O. The number of para-hydroxylation sites is 1. The molecular weight excluding hydrogens is 490 g/mol. The third-order valence-electron chi connectivity index (χ3n) is 9.12. The van der Waals surface area contributed by atoms with Gasteiger partial charge in [0.15, 0.2) is 6.17 Å². The van der Waals surface area contributed by atoms with Gasteiger partial charge in [0.1, 0.15) is 22.8 Å². The van der Waals surface area contributed by atoms with Gasteiger partial charge in [0.2, 0.25) is 0 Å². The molecule has 196 valence electrons. The van der Waals surface area contributed by atoms with Crippen molar-refractivity contribution in [3.05, 3.63) is 125 Å². The van der Waals surface area contributed by atoms with E-state index >= 15 is 0 Å². The predicted molar refractivity (Wildman–Crippen MR) is 164 cm³/mol. The molecule has 1 aliphatic heterocycles. The summed E-state index contributed by atoms with van der Waals surface area (Å²) in [7, 11) is 0. The molecule has 40 heavy (non-hydrogen) atoms. The summed E-state index contributed by atoms with van der Waals surface area (Å²) in [5, 5.41) is 6.07. The van der Waals surface area contributed by atoms with Gasteiger partial charge in [-0.2, -0.15) is 0 Å². The first-order valence-electron chi connectivity index (χ1n) is 14.3.